The summed E-state index contributed by atoms with van der Waals surface area (Å²) in [7, 11) is 0. The molecule has 1 heterocycles. The Bertz CT molecular complexity index is 428. The van der Waals surface area contributed by atoms with Gasteiger partial charge in [0.05, 0.1) is 5.56 Å². The lowest BCUT2D eigenvalue weighted by atomic mass is 9.71. The first-order valence-electron chi connectivity index (χ1n) is 5.44. The van der Waals surface area contributed by atoms with Crippen LogP contribution >= 0.6 is 11.3 Å². The zero-order valence-electron chi connectivity index (χ0n) is 9.26. The summed E-state index contributed by atoms with van der Waals surface area (Å²) >= 11 is 1.61. The highest BCUT2D eigenvalue weighted by molar-refractivity contribution is 7.16. The number of nitrogens with two attached hydrogens (primary N) is 1. The smallest absolute Gasteiger partial charge is 0.104 e. The van der Waals surface area contributed by atoms with Crippen LogP contribution in [0.2, 0.25) is 0 Å². The van der Waals surface area contributed by atoms with Crippen molar-refractivity contribution in [2.45, 2.75) is 44.9 Å². The van der Waals surface area contributed by atoms with Crippen molar-refractivity contribution in [2.75, 3.05) is 5.73 Å². The molecule has 0 unspecified atom stereocenters. The number of thiophene rings is 1. The quantitative estimate of drug-likeness (QED) is 0.790. The fourth-order valence-electron chi connectivity index (χ4n) is 2.54. The van der Waals surface area contributed by atoms with E-state index in [9.17, 15) is 0 Å². The minimum absolute atomic E-state index is 0.173. The SMILES string of the molecule is CC[C@]1(C)CCCc2sc(N)c(C#N)c21. The third-order valence-electron chi connectivity index (χ3n) is 3.64. The molecule has 0 fully saturated rings. The summed E-state index contributed by atoms with van der Waals surface area (Å²) in [5.41, 5.74) is 8.08. The molecule has 0 saturated heterocycles. The fraction of sp³-hybridized carbons (Fsp3) is 0.583. The largest absolute Gasteiger partial charge is 0.389 e. The Morgan fingerprint density at radius 2 is 2.33 bits per heavy atom. The van der Waals surface area contributed by atoms with Gasteiger partial charge in [-0.05, 0) is 36.7 Å². The van der Waals surface area contributed by atoms with Crippen molar-refractivity contribution in [1.29, 1.82) is 5.26 Å². The Kier molecular flexibility index (Phi) is 2.47. The van der Waals surface area contributed by atoms with Crippen molar-refractivity contribution >= 4 is 16.3 Å². The molecule has 0 aliphatic heterocycles. The van der Waals surface area contributed by atoms with E-state index in [4.69, 9.17) is 11.0 Å². The van der Waals surface area contributed by atoms with Crippen LogP contribution in [0.25, 0.3) is 0 Å². The number of aryl methyl sites for hydroxylation is 1. The second kappa shape index (κ2) is 3.53. The molecule has 2 rings (SSSR count). The minimum atomic E-state index is 0.173. The number of hydrogen-bond acceptors (Lipinski definition) is 3. The Morgan fingerprint density at radius 3 is 2.93 bits per heavy atom. The third kappa shape index (κ3) is 1.44. The lowest BCUT2D eigenvalue weighted by molar-refractivity contribution is 0.384. The highest BCUT2D eigenvalue weighted by atomic mass is 32.1. The molecule has 1 aliphatic rings. The molecule has 2 nitrogen and oxygen atoms in total. The summed E-state index contributed by atoms with van der Waals surface area (Å²) in [6, 6.07) is 2.28. The summed E-state index contributed by atoms with van der Waals surface area (Å²) in [6.07, 6.45) is 4.59. The normalized spacial score (nSPS) is 24.6. The first-order valence-corrected chi connectivity index (χ1v) is 6.25. The van der Waals surface area contributed by atoms with Crippen LogP contribution in [-0.4, -0.2) is 0 Å². The monoisotopic (exact) mass is 220 g/mol. The zero-order chi connectivity index (χ0) is 11.1. The van der Waals surface area contributed by atoms with Crippen LogP contribution in [-0.2, 0) is 11.8 Å². The zero-order valence-corrected chi connectivity index (χ0v) is 10.1. The molecule has 0 saturated carbocycles. The van der Waals surface area contributed by atoms with E-state index in [1.807, 2.05) is 0 Å². The Morgan fingerprint density at radius 1 is 1.60 bits per heavy atom. The summed E-state index contributed by atoms with van der Waals surface area (Å²) in [6.45, 7) is 4.46. The highest BCUT2D eigenvalue weighted by Gasteiger charge is 2.35. The van der Waals surface area contributed by atoms with E-state index >= 15 is 0 Å². The molecule has 1 atom stereocenters. The van der Waals surface area contributed by atoms with Crippen molar-refractivity contribution in [2.24, 2.45) is 0 Å². The fourth-order valence-corrected chi connectivity index (χ4v) is 3.75. The maximum atomic E-state index is 9.17. The van der Waals surface area contributed by atoms with Crippen molar-refractivity contribution in [3.63, 3.8) is 0 Å². The van der Waals surface area contributed by atoms with Gasteiger partial charge in [-0.2, -0.15) is 5.26 Å². The van der Waals surface area contributed by atoms with Gasteiger partial charge < -0.3 is 5.73 Å². The number of anilines is 1. The molecule has 80 valence electrons. The molecule has 1 aromatic rings. The Hall–Kier alpha value is -1.01. The number of fused-ring (bicyclic) bond motifs is 1. The number of hydrogen-bond donors (Lipinski definition) is 1. The molecule has 3 heteroatoms. The molecule has 0 aromatic carbocycles. The topological polar surface area (TPSA) is 49.8 Å². The van der Waals surface area contributed by atoms with Crippen LogP contribution in [0.15, 0.2) is 0 Å². The minimum Gasteiger partial charge on any atom is -0.389 e. The standard InChI is InChI=1S/C12H16N2S/c1-3-12(2)6-4-5-9-10(12)8(7-13)11(14)15-9/h3-6,14H2,1-2H3/t12-/m1/s1. The predicted molar refractivity (Wildman–Crippen MR) is 64.0 cm³/mol. The van der Waals surface area contributed by atoms with Crippen LogP contribution < -0.4 is 5.73 Å². The lowest BCUT2D eigenvalue weighted by Gasteiger charge is -2.33. The van der Waals surface area contributed by atoms with Crippen molar-refractivity contribution in [3.8, 4) is 6.07 Å². The number of rotatable bonds is 1. The maximum Gasteiger partial charge on any atom is 0.104 e. The van der Waals surface area contributed by atoms with E-state index in [1.54, 1.807) is 11.3 Å². The van der Waals surface area contributed by atoms with Gasteiger partial charge in [0.2, 0.25) is 0 Å². The first-order chi connectivity index (χ1) is 7.12. The van der Waals surface area contributed by atoms with Crippen molar-refractivity contribution in [3.05, 3.63) is 16.0 Å². The Balaban J connectivity index is 2.65. The molecule has 2 N–H and O–H groups in total. The van der Waals surface area contributed by atoms with Gasteiger partial charge in [0, 0.05) is 4.88 Å². The van der Waals surface area contributed by atoms with Crippen LogP contribution in [0.5, 0.6) is 0 Å². The van der Waals surface area contributed by atoms with Crippen LogP contribution in [0.4, 0.5) is 5.00 Å². The van der Waals surface area contributed by atoms with Gasteiger partial charge in [0.25, 0.3) is 0 Å². The molecular formula is C12H16N2S. The number of nitrogens with zero attached hydrogens (tertiary/aromatic N) is 1. The van der Waals surface area contributed by atoms with Gasteiger partial charge in [0.1, 0.15) is 11.1 Å². The van der Waals surface area contributed by atoms with Crippen LogP contribution in [0, 0.1) is 11.3 Å². The van der Waals surface area contributed by atoms with Gasteiger partial charge in [-0.25, -0.2) is 0 Å². The first kappa shape index (κ1) is 10.5. The highest BCUT2D eigenvalue weighted by Crippen LogP contribution is 2.46. The summed E-state index contributed by atoms with van der Waals surface area (Å²) in [5.74, 6) is 0. The Labute approximate surface area is 94.7 Å². The van der Waals surface area contributed by atoms with Crippen molar-refractivity contribution in [1.82, 2.24) is 0 Å². The summed E-state index contributed by atoms with van der Waals surface area (Å²) in [4.78, 5) is 1.35. The van der Waals surface area contributed by atoms with Crippen LogP contribution in [0.3, 0.4) is 0 Å². The van der Waals surface area contributed by atoms with Gasteiger partial charge in [-0.1, -0.05) is 13.8 Å². The molecule has 0 bridgehead atoms. The van der Waals surface area contributed by atoms with Gasteiger partial charge >= 0.3 is 0 Å². The average molecular weight is 220 g/mol. The van der Waals surface area contributed by atoms with E-state index in [2.05, 4.69) is 19.9 Å². The molecule has 1 aliphatic carbocycles. The molecule has 15 heavy (non-hydrogen) atoms. The average Bonchev–Trinajstić information content (AvgIpc) is 2.55. The second-order valence-electron chi connectivity index (χ2n) is 4.52. The molecule has 1 aromatic heterocycles. The molecular weight excluding hydrogens is 204 g/mol. The third-order valence-corrected chi connectivity index (χ3v) is 4.72. The van der Waals surface area contributed by atoms with Gasteiger partial charge in [-0.15, -0.1) is 11.3 Å². The summed E-state index contributed by atoms with van der Waals surface area (Å²) in [5, 5.41) is 9.88. The second-order valence-corrected chi connectivity index (χ2v) is 5.66. The van der Waals surface area contributed by atoms with Crippen molar-refractivity contribution < 1.29 is 0 Å². The molecule has 0 spiro atoms. The molecule has 0 radical (unpaired) electrons. The number of nitriles is 1. The summed E-state index contributed by atoms with van der Waals surface area (Å²) < 4.78 is 0. The van der Waals surface area contributed by atoms with Crippen LogP contribution in [0.1, 0.15) is 49.1 Å². The van der Waals surface area contributed by atoms with E-state index < -0.39 is 0 Å². The van der Waals surface area contributed by atoms with E-state index in [1.165, 1.54) is 23.3 Å². The van der Waals surface area contributed by atoms with E-state index in [0.29, 0.717) is 5.00 Å². The number of nitrogen functional groups attached to an aromatic ring is 1. The lowest BCUT2D eigenvalue weighted by Crippen LogP contribution is -2.26. The maximum absolute atomic E-state index is 9.17. The molecule has 0 amide bonds. The van der Waals surface area contributed by atoms with E-state index in [0.717, 1.165) is 18.4 Å². The van der Waals surface area contributed by atoms with E-state index in [-0.39, 0.29) is 5.41 Å². The van der Waals surface area contributed by atoms with Gasteiger partial charge in [-0.3, -0.25) is 0 Å². The van der Waals surface area contributed by atoms with Gasteiger partial charge in [0.15, 0.2) is 0 Å². The predicted octanol–water partition coefficient (Wildman–Crippen LogP) is 3.21.